The molecule has 2 aliphatic rings. The highest BCUT2D eigenvalue weighted by Crippen LogP contribution is 2.40. The number of hydrogen-bond donors (Lipinski definition) is 1. The molecule has 0 spiro atoms. The summed E-state index contributed by atoms with van der Waals surface area (Å²) in [6, 6.07) is 8.60. The molecule has 2 aliphatic heterocycles. The number of carbonyl (C=O) groups excluding carboxylic acids is 1. The van der Waals surface area contributed by atoms with E-state index in [9.17, 15) is 27.9 Å². The van der Waals surface area contributed by atoms with E-state index in [0.717, 1.165) is 12.1 Å². The van der Waals surface area contributed by atoms with E-state index in [4.69, 9.17) is 9.78 Å². The normalized spacial score (nSPS) is 18.6. The Kier molecular flexibility index (Phi) is 6.42. The molecule has 1 N–H and O–H groups in total. The summed E-state index contributed by atoms with van der Waals surface area (Å²) in [5.74, 6) is -1.20. The highest BCUT2D eigenvalue weighted by atomic mass is 19.4. The quantitative estimate of drug-likeness (QED) is 0.537. The number of likely N-dealkylation sites (tertiary alicyclic amines) is 1. The van der Waals surface area contributed by atoms with E-state index in [2.05, 4.69) is 6.07 Å². The van der Waals surface area contributed by atoms with Gasteiger partial charge in [0.05, 0.1) is 12.2 Å². The Bertz CT molecular complexity index is 1100. The highest BCUT2D eigenvalue weighted by molar-refractivity contribution is 5.96. The number of aliphatic carboxylic acids is 1. The number of rotatable bonds is 4. The zero-order valence-corrected chi connectivity index (χ0v) is 17.5. The van der Waals surface area contributed by atoms with Crippen molar-refractivity contribution >= 4 is 18.0 Å². The number of alkyl halides is 3. The lowest BCUT2D eigenvalue weighted by atomic mass is 9.91. The van der Waals surface area contributed by atoms with Gasteiger partial charge in [-0.15, -0.1) is 0 Å². The van der Waals surface area contributed by atoms with Crippen LogP contribution in [0.1, 0.15) is 36.0 Å². The summed E-state index contributed by atoms with van der Waals surface area (Å²) in [6.07, 6.45) is -0.0298. The number of halogens is 3. The van der Waals surface area contributed by atoms with Crippen LogP contribution < -0.4 is 4.89 Å². The Labute approximate surface area is 188 Å². The van der Waals surface area contributed by atoms with Gasteiger partial charge in [0, 0.05) is 30.2 Å². The molecule has 9 heteroatoms. The van der Waals surface area contributed by atoms with Crippen molar-refractivity contribution in [2.45, 2.75) is 37.9 Å². The second-order valence-electron chi connectivity index (χ2n) is 7.87. The number of benzene rings is 2. The van der Waals surface area contributed by atoms with Gasteiger partial charge in [0.1, 0.15) is 6.04 Å². The van der Waals surface area contributed by atoms with Gasteiger partial charge in [-0.25, -0.2) is 4.79 Å². The van der Waals surface area contributed by atoms with Crippen molar-refractivity contribution < 1.29 is 37.6 Å². The van der Waals surface area contributed by atoms with Crippen molar-refractivity contribution in [1.29, 1.82) is 0 Å². The molecular formula is C24H21F3NO5. The Morgan fingerprint density at radius 2 is 2.03 bits per heavy atom. The zero-order valence-electron chi connectivity index (χ0n) is 17.5. The first-order valence-electron chi connectivity index (χ1n) is 10.5. The number of hydrogen-bond acceptors (Lipinski definition) is 4. The van der Waals surface area contributed by atoms with E-state index in [1.807, 2.05) is 0 Å². The van der Waals surface area contributed by atoms with Gasteiger partial charge in [-0.1, -0.05) is 18.2 Å². The van der Waals surface area contributed by atoms with Gasteiger partial charge in [-0.3, -0.25) is 4.79 Å². The fraction of sp³-hybridized carbons (Fsp3) is 0.333. The van der Waals surface area contributed by atoms with Crippen molar-refractivity contribution in [3.05, 3.63) is 59.2 Å². The molecule has 0 aliphatic carbocycles. The molecule has 0 saturated carbocycles. The molecule has 2 heterocycles. The Morgan fingerprint density at radius 3 is 2.79 bits per heavy atom. The van der Waals surface area contributed by atoms with Gasteiger partial charge >= 0.3 is 12.1 Å². The number of amides is 1. The Balaban J connectivity index is 1.73. The number of carboxylic acids is 1. The van der Waals surface area contributed by atoms with Crippen LogP contribution in [0, 0.1) is 6.07 Å². The van der Waals surface area contributed by atoms with Crippen LogP contribution in [-0.2, 0) is 27.1 Å². The molecule has 173 valence electrons. The molecule has 6 nitrogen and oxygen atoms in total. The van der Waals surface area contributed by atoms with Crippen molar-refractivity contribution in [2.75, 3.05) is 13.2 Å². The third kappa shape index (κ3) is 4.88. The van der Waals surface area contributed by atoms with Gasteiger partial charge in [0.25, 0.3) is 0 Å². The Morgan fingerprint density at radius 1 is 1.21 bits per heavy atom. The van der Waals surface area contributed by atoms with Crippen molar-refractivity contribution in [3.63, 3.8) is 0 Å². The van der Waals surface area contributed by atoms with E-state index in [1.54, 1.807) is 12.1 Å². The minimum atomic E-state index is -4.67. The highest BCUT2D eigenvalue weighted by Gasteiger charge is 2.35. The molecule has 0 bridgehead atoms. The SMILES string of the molecule is O=C(O)C1CCCCN1C(=O)/C=C/c1cc[c]c(C(F)(F)F)c1-c1ccc2c(c1)CCOO2. The van der Waals surface area contributed by atoms with Crippen LogP contribution >= 0.6 is 0 Å². The third-order valence-electron chi connectivity index (χ3n) is 5.74. The predicted octanol–water partition coefficient (Wildman–Crippen LogP) is 4.52. The molecule has 33 heavy (non-hydrogen) atoms. The first-order valence-corrected chi connectivity index (χ1v) is 10.5. The molecule has 2 aromatic rings. The number of carboxylic acid groups (broad SMARTS) is 1. The molecule has 1 amide bonds. The molecule has 2 aromatic carbocycles. The van der Waals surface area contributed by atoms with Crippen LogP contribution in [0.4, 0.5) is 13.2 Å². The largest absolute Gasteiger partial charge is 0.480 e. The minimum absolute atomic E-state index is 0.114. The van der Waals surface area contributed by atoms with Gasteiger partial charge in [-0.2, -0.15) is 18.1 Å². The van der Waals surface area contributed by atoms with E-state index >= 15 is 0 Å². The van der Waals surface area contributed by atoms with Crippen LogP contribution in [0.3, 0.4) is 0 Å². The molecule has 0 aromatic heterocycles. The lowest BCUT2D eigenvalue weighted by Gasteiger charge is -2.32. The number of nitrogens with zero attached hydrogens (tertiary/aromatic N) is 1. The molecule has 1 atom stereocenters. The maximum atomic E-state index is 13.8. The first kappa shape index (κ1) is 22.8. The monoisotopic (exact) mass is 460 g/mol. The number of carbonyl (C=O) groups is 2. The second-order valence-corrected chi connectivity index (χ2v) is 7.87. The number of fused-ring (bicyclic) bond motifs is 1. The smallest absolute Gasteiger partial charge is 0.417 e. The standard InChI is InChI=1S/C24H21F3NO5/c25-24(26,27)18-5-3-4-15(8-10-21(29)28-12-2-1-6-19(28)23(30)31)22(18)17-7-9-20-16(14-17)11-13-32-33-20/h3-4,7-10,14,19H,1-2,6,11-13H2,(H,30,31)/b10-8+. The van der Waals surface area contributed by atoms with Crippen LogP contribution in [0.2, 0.25) is 0 Å². The summed E-state index contributed by atoms with van der Waals surface area (Å²) in [7, 11) is 0. The van der Waals surface area contributed by atoms with E-state index in [-0.39, 0.29) is 24.3 Å². The van der Waals surface area contributed by atoms with E-state index < -0.39 is 29.7 Å². The summed E-state index contributed by atoms with van der Waals surface area (Å²) in [4.78, 5) is 35.4. The lowest BCUT2D eigenvalue weighted by molar-refractivity contribution is -0.215. The molecule has 1 unspecified atom stereocenters. The van der Waals surface area contributed by atoms with Crippen molar-refractivity contribution in [1.82, 2.24) is 4.90 Å². The van der Waals surface area contributed by atoms with Crippen LogP contribution in [0.15, 0.2) is 36.4 Å². The summed E-state index contributed by atoms with van der Waals surface area (Å²) in [5.41, 5.74) is 0.116. The summed E-state index contributed by atoms with van der Waals surface area (Å²) >= 11 is 0. The Hall–Kier alpha value is -3.33. The van der Waals surface area contributed by atoms with E-state index in [0.29, 0.717) is 42.6 Å². The topological polar surface area (TPSA) is 76.1 Å². The average molecular weight is 460 g/mol. The van der Waals surface area contributed by atoms with Gasteiger partial charge in [0.2, 0.25) is 5.91 Å². The molecule has 4 rings (SSSR count). The summed E-state index contributed by atoms with van der Waals surface area (Å²) in [6.45, 7) is 0.571. The van der Waals surface area contributed by atoms with Gasteiger partial charge in [0.15, 0.2) is 5.75 Å². The average Bonchev–Trinajstić information content (AvgIpc) is 2.81. The van der Waals surface area contributed by atoms with E-state index in [1.165, 1.54) is 23.1 Å². The fourth-order valence-corrected chi connectivity index (χ4v) is 4.17. The molecule has 1 fully saturated rings. The third-order valence-corrected chi connectivity index (χ3v) is 5.74. The van der Waals surface area contributed by atoms with Crippen LogP contribution in [0.5, 0.6) is 5.75 Å². The van der Waals surface area contributed by atoms with Gasteiger partial charge < -0.3 is 14.9 Å². The fourth-order valence-electron chi connectivity index (χ4n) is 4.17. The minimum Gasteiger partial charge on any atom is -0.480 e. The predicted molar refractivity (Wildman–Crippen MR) is 112 cm³/mol. The van der Waals surface area contributed by atoms with Crippen molar-refractivity contribution in [2.24, 2.45) is 0 Å². The second kappa shape index (κ2) is 9.27. The zero-order chi connectivity index (χ0) is 23.6. The maximum Gasteiger partial charge on any atom is 0.417 e. The molecule has 1 radical (unpaired) electrons. The van der Waals surface area contributed by atoms with Gasteiger partial charge in [-0.05, 0) is 54.7 Å². The molecule has 1 saturated heterocycles. The maximum absolute atomic E-state index is 13.8. The van der Waals surface area contributed by atoms with Crippen molar-refractivity contribution in [3.8, 4) is 16.9 Å². The van der Waals surface area contributed by atoms with Crippen LogP contribution in [-0.4, -0.2) is 41.1 Å². The molecular weight excluding hydrogens is 439 g/mol. The van der Waals surface area contributed by atoms with Crippen LogP contribution in [0.25, 0.3) is 17.2 Å². The summed E-state index contributed by atoms with van der Waals surface area (Å²) in [5, 5.41) is 9.39. The summed E-state index contributed by atoms with van der Waals surface area (Å²) < 4.78 is 41.5. The first-order chi connectivity index (χ1) is 15.8. The lowest BCUT2D eigenvalue weighted by Crippen LogP contribution is -2.47. The number of piperidine rings is 1.